The molecule has 1 heterocycles. The van der Waals surface area contributed by atoms with Crippen LogP contribution in [-0.2, 0) is 9.59 Å². The fraction of sp³-hybridized carbons (Fsp3) is 0.750. The molecular weight excluding hydrogens is 252 g/mol. The van der Waals surface area contributed by atoms with Crippen LogP contribution in [0.25, 0.3) is 0 Å². The van der Waals surface area contributed by atoms with Crippen LogP contribution < -0.4 is 5.73 Å². The van der Waals surface area contributed by atoms with Crippen molar-refractivity contribution in [3.63, 3.8) is 0 Å². The SMILES string of the molecule is CC(C)CC(C)(CN)N1C(=O)C2C3C=CC(C3)C2C1=O. The van der Waals surface area contributed by atoms with Crippen molar-refractivity contribution < 1.29 is 9.59 Å². The third kappa shape index (κ3) is 1.70. The number of nitrogens with zero attached hydrogens (tertiary/aromatic N) is 1. The second-order valence-corrected chi connectivity index (χ2v) is 7.31. The number of likely N-dealkylation sites (tertiary alicyclic amines) is 1. The van der Waals surface area contributed by atoms with Crippen LogP contribution in [0.2, 0.25) is 0 Å². The van der Waals surface area contributed by atoms with Gasteiger partial charge in [0.05, 0.1) is 17.4 Å². The van der Waals surface area contributed by atoms with Gasteiger partial charge < -0.3 is 5.73 Å². The molecule has 1 saturated carbocycles. The molecule has 4 heteroatoms. The van der Waals surface area contributed by atoms with Crippen LogP contribution in [0.1, 0.15) is 33.6 Å². The summed E-state index contributed by atoms with van der Waals surface area (Å²) in [5, 5.41) is 0. The lowest BCUT2D eigenvalue weighted by atomic mass is 9.85. The van der Waals surface area contributed by atoms with E-state index in [-0.39, 0.29) is 35.5 Å². The number of rotatable bonds is 4. The van der Waals surface area contributed by atoms with Crippen molar-refractivity contribution >= 4 is 11.8 Å². The van der Waals surface area contributed by atoms with Crippen molar-refractivity contribution in [2.24, 2.45) is 35.3 Å². The van der Waals surface area contributed by atoms with Gasteiger partial charge in [-0.05, 0) is 37.5 Å². The van der Waals surface area contributed by atoms with Crippen LogP contribution in [0.4, 0.5) is 0 Å². The van der Waals surface area contributed by atoms with Gasteiger partial charge >= 0.3 is 0 Å². The van der Waals surface area contributed by atoms with E-state index >= 15 is 0 Å². The molecule has 0 radical (unpaired) electrons. The average molecular weight is 276 g/mol. The maximum atomic E-state index is 12.8. The first-order valence-corrected chi connectivity index (χ1v) is 7.65. The van der Waals surface area contributed by atoms with Crippen molar-refractivity contribution in [3.8, 4) is 0 Å². The molecule has 1 saturated heterocycles. The largest absolute Gasteiger partial charge is 0.328 e. The highest BCUT2D eigenvalue weighted by molar-refractivity contribution is 6.07. The molecular formula is C16H24N2O2. The Labute approximate surface area is 120 Å². The van der Waals surface area contributed by atoms with Gasteiger partial charge in [0.25, 0.3) is 0 Å². The van der Waals surface area contributed by atoms with E-state index in [0.29, 0.717) is 12.5 Å². The average Bonchev–Trinajstić information content (AvgIpc) is 3.02. The minimum absolute atomic E-state index is 0.0189. The Morgan fingerprint density at radius 3 is 2.15 bits per heavy atom. The summed E-state index contributed by atoms with van der Waals surface area (Å²) in [6.07, 6.45) is 6.00. The highest BCUT2D eigenvalue weighted by Crippen LogP contribution is 2.53. The second-order valence-electron chi connectivity index (χ2n) is 7.31. The highest BCUT2D eigenvalue weighted by Gasteiger charge is 2.62. The first kappa shape index (κ1) is 13.8. The summed E-state index contributed by atoms with van der Waals surface area (Å²) in [6, 6.07) is 0. The molecule has 0 aromatic rings. The van der Waals surface area contributed by atoms with E-state index in [1.165, 1.54) is 4.90 Å². The summed E-state index contributed by atoms with van der Waals surface area (Å²) in [6.45, 7) is 6.50. The Morgan fingerprint density at radius 1 is 1.25 bits per heavy atom. The zero-order valence-electron chi connectivity index (χ0n) is 12.5. The summed E-state index contributed by atoms with van der Waals surface area (Å²) in [4.78, 5) is 27.1. The standard InChI is InChI=1S/C16H24N2O2/c1-9(2)7-16(3,8-17)18-14(19)12-10-4-5-11(6-10)13(12)15(18)20/h4-5,9-13H,6-8,17H2,1-3H3. The molecule has 110 valence electrons. The fourth-order valence-electron chi connectivity index (χ4n) is 4.58. The maximum absolute atomic E-state index is 12.8. The van der Waals surface area contributed by atoms with Gasteiger partial charge in [-0.2, -0.15) is 0 Å². The van der Waals surface area contributed by atoms with Crippen molar-refractivity contribution in [2.45, 2.75) is 39.2 Å². The van der Waals surface area contributed by atoms with Gasteiger partial charge in [0.2, 0.25) is 11.8 Å². The lowest BCUT2D eigenvalue weighted by Gasteiger charge is -2.38. The lowest BCUT2D eigenvalue weighted by molar-refractivity contribution is -0.147. The Kier molecular flexibility index (Phi) is 3.05. The zero-order valence-corrected chi connectivity index (χ0v) is 12.5. The van der Waals surface area contributed by atoms with Crippen LogP contribution >= 0.6 is 0 Å². The predicted molar refractivity (Wildman–Crippen MR) is 76.5 cm³/mol. The maximum Gasteiger partial charge on any atom is 0.234 e. The number of imide groups is 1. The molecule has 2 bridgehead atoms. The van der Waals surface area contributed by atoms with Gasteiger partial charge in [0.1, 0.15) is 0 Å². The molecule has 3 rings (SSSR count). The van der Waals surface area contributed by atoms with E-state index in [2.05, 4.69) is 26.0 Å². The second kappa shape index (κ2) is 4.42. The molecule has 0 spiro atoms. The van der Waals surface area contributed by atoms with Crippen LogP contribution in [0.5, 0.6) is 0 Å². The molecule has 2 amide bonds. The third-order valence-electron chi connectivity index (χ3n) is 5.30. The summed E-state index contributed by atoms with van der Waals surface area (Å²) < 4.78 is 0. The van der Waals surface area contributed by atoms with E-state index in [9.17, 15) is 9.59 Å². The summed E-state index contributed by atoms with van der Waals surface area (Å²) in [5.41, 5.74) is 5.40. The molecule has 0 aromatic carbocycles. The molecule has 2 fully saturated rings. The van der Waals surface area contributed by atoms with E-state index < -0.39 is 5.54 Å². The number of nitrogens with two attached hydrogens (primary N) is 1. The normalized spacial score (nSPS) is 38.0. The Balaban J connectivity index is 1.92. The van der Waals surface area contributed by atoms with Crippen molar-refractivity contribution in [1.29, 1.82) is 0 Å². The van der Waals surface area contributed by atoms with E-state index in [0.717, 1.165) is 12.8 Å². The number of allylic oxidation sites excluding steroid dienone is 2. The van der Waals surface area contributed by atoms with Crippen LogP contribution in [0, 0.1) is 29.6 Å². The van der Waals surface area contributed by atoms with Gasteiger partial charge in [0.15, 0.2) is 0 Å². The molecule has 4 nitrogen and oxygen atoms in total. The topological polar surface area (TPSA) is 63.4 Å². The Hall–Kier alpha value is -1.16. The molecule has 1 aliphatic heterocycles. The minimum atomic E-state index is -0.536. The van der Waals surface area contributed by atoms with Gasteiger partial charge in [-0.25, -0.2) is 0 Å². The first-order chi connectivity index (χ1) is 9.39. The zero-order chi connectivity index (χ0) is 14.7. The Bertz CT molecular complexity index is 455. The van der Waals surface area contributed by atoms with Crippen molar-refractivity contribution in [1.82, 2.24) is 4.90 Å². The number of carbonyl (C=O) groups excluding carboxylic acids is 2. The number of hydrogen-bond acceptors (Lipinski definition) is 3. The molecule has 0 aromatic heterocycles. The molecule has 3 aliphatic rings. The van der Waals surface area contributed by atoms with Gasteiger partial charge in [-0.3, -0.25) is 14.5 Å². The van der Waals surface area contributed by atoms with Gasteiger partial charge in [-0.1, -0.05) is 26.0 Å². The quantitative estimate of drug-likeness (QED) is 0.626. The van der Waals surface area contributed by atoms with Crippen LogP contribution in [0.3, 0.4) is 0 Å². The number of carbonyl (C=O) groups is 2. The molecule has 5 atom stereocenters. The van der Waals surface area contributed by atoms with E-state index in [1.54, 1.807) is 0 Å². The fourth-order valence-corrected chi connectivity index (χ4v) is 4.58. The summed E-state index contributed by atoms with van der Waals surface area (Å²) in [7, 11) is 0. The highest BCUT2D eigenvalue weighted by atomic mass is 16.2. The lowest BCUT2D eigenvalue weighted by Crippen LogP contribution is -2.55. The first-order valence-electron chi connectivity index (χ1n) is 7.65. The molecule has 2 aliphatic carbocycles. The minimum Gasteiger partial charge on any atom is -0.328 e. The Morgan fingerprint density at radius 2 is 1.75 bits per heavy atom. The number of amides is 2. The summed E-state index contributed by atoms with van der Waals surface area (Å²) >= 11 is 0. The van der Waals surface area contributed by atoms with Crippen LogP contribution in [0.15, 0.2) is 12.2 Å². The number of fused-ring (bicyclic) bond motifs is 5. The van der Waals surface area contributed by atoms with Crippen LogP contribution in [-0.4, -0.2) is 28.8 Å². The summed E-state index contributed by atoms with van der Waals surface area (Å²) in [5.74, 6) is 0.751. The van der Waals surface area contributed by atoms with E-state index in [1.807, 2.05) is 6.92 Å². The monoisotopic (exact) mass is 276 g/mol. The van der Waals surface area contributed by atoms with Crippen molar-refractivity contribution in [3.05, 3.63) is 12.2 Å². The third-order valence-corrected chi connectivity index (χ3v) is 5.30. The van der Waals surface area contributed by atoms with Gasteiger partial charge in [-0.15, -0.1) is 0 Å². The smallest absolute Gasteiger partial charge is 0.234 e. The number of hydrogen-bond donors (Lipinski definition) is 1. The predicted octanol–water partition coefficient (Wildman–Crippen LogP) is 1.56. The van der Waals surface area contributed by atoms with Gasteiger partial charge in [0, 0.05) is 6.54 Å². The molecule has 2 N–H and O–H groups in total. The van der Waals surface area contributed by atoms with E-state index in [4.69, 9.17) is 5.73 Å². The van der Waals surface area contributed by atoms with Crippen molar-refractivity contribution in [2.75, 3.05) is 6.54 Å². The molecule has 5 unspecified atom stereocenters. The molecule has 20 heavy (non-hydrogen) atoms.